The molecule has 7 nitrogen and oxygen atoms in total. The van der Waals surface area contributed by atoms with Gasteiger partial charge in [0, 0.05) is 17.4 Å². The molecule has 0 radical (unpaired) electrons. The number of aromatic nitrogens is 5. The Bertz CT molecular complexity index is 1070. The van der Waals surface area contributed by atoms with Gasteiger partial charge in [-0.05, 0) is 11.6 Å². The van der Waals surface area contributed by atoms with Crippen LogP contribution in [0.25, 0.3) is 27.7 Å². The molecule has 1 aromatic carbocycles. The Labute approximate surface area is 147 Å². The Hall–Kier alpha value is -2.64. The summed E-state index contributed by atoms with van der Waals surface area (Å²) in [5.41, 5.74) is 3.56. The zero-order valence-corrected chi connectivity index (χ0v) is 13.9. The van der Waals surface area contributed by atoms with Gasteiger partial charge in [0.15, 0.2) is 5.65 Å². The van der Waals surface area contributed by atoms with Crippen molar-refractivity contribution in [2.45, 2.75) is 12.5 Å². The largest absolute Gasteiger partial charge is 0.471 e. The first-order chi connectivity index (χ1) is 12.3. The van der Waals surface area contributed by atoms with Crippen molar-refractivity contribution in [2.24, 2.45) is 0 Å². The monoisotopic (exact) mass is 355 g/mol. The van der Waals surface area contributed by atoms with Crippen molar-refractivity contribution in [3.63, 3.8) is 0 Å². The van der Waals surface area contributed by atoms with Gasteiger partial charge in [0.1, 0.15) is 11.1 Å². The van der Waals surface area contributed by atoms with E-state index in [-0.39, 0.29) is 6.10 Å². The molecule has 1 aliphatic heterocycles. The van der Waals surface area contributed by atoms with Gasteiger partial charge in [-0.25, -0.2) is 4.52 Å². The number of benzene rings is 1. The van der Waals surface area contributed by atoms with E-state index < -0.39 is 0 Å². The zero-order chi connectivity index (χ0) is 16.8. The Morgan fingerprint density at radius 2 is 2.24 bits per heavy atom. The van der Waals surface area contributed by atoms with Gasteiger partial charge in [-0.2, -0.15) is 15.2 Å². The number of rotatable bonds is 3. The van der Waals surface area contributed by atoms with Crippen LogP contribution in [0.2, 0.25) is 5.02 Å². The van der Waals surface area contributed by atoms with Gasteiger partial charge in [-0.3, -0.25) is 5.10 Å². The van der Waals surface area contributed by atoms with Crippen LogP contribution in [-0.4, -0.2) is 44.1 Å². The first-order valence-electron chi connectivity index (χ1n) is 8.00. The molecule has 5 rings (SSSR count). The number of nitrogens with one attached hydrogen (secondary N) is 1. The molecule has 25 heavy (non-hydrogen) atoms. The molecule has 0 saturated carbocycles. The molecule has 3 aromatic heterocycles. The van der Waals surface area contributed by atoms with Crippen LogP contribution in [0.5, 0.6) is 5.88 Å². The van der Waals surface area contributed by atoms with Gasteiger partial charge in [0.25, 0.3) is 0 Å². The topological polar surface area (TPSA) is 77.3 Å². The van der Waals surface area contributed by atoms with E-state index in [1.54, 1.807) is 23.1 Å². The summed E-state index contributed by atoms with van der Waals surface area (Å²) >= 11 is 6.31. The maximum Gasteiger partial charge on any atom is 0.236 e. The molecule has 1 aliphatic rings. The van der Waals surface area contributed by atoms with Crippen LogP contribution in [0.15, 0.2) is 36.8 Å². The molecule has 0 aliphatic carbocycles. The quantitative estimate of drug-likeness (QED) is 0.611. The number of nitrogens with zero attached hydrogens (tertiary/aromatic N) is 4. The van der Waals surface area contributed by atoms with E-state index in [0.29, 0.717) is 29.8 Å². The normalized spacial score (nSPS) is 17.6. The fraction of sp³-hybridized carbons (Fsp3) is 0.235. The molecule has 1 N–H and O–H groups in total. The highest BCUT2D eigenvalue weighted by molar-refractivity contribution is 6.31. The Kier molecular flexibility index (Phi) is 3.36. The molecule has 4 heterocycles. The van der Waals surface area contributed by atoms with Gasteiger partial charge >= 0.3 is 0 Å². The van der Waals surface area contributed by atoms with Crippen molar-refractivity contribution in [1.29, 1.82) is 0 Å². The molecule has 1 saturated heterocycles. The van der Waals surface area contributed by atoms with E-state index in [2.05, 4.69) is 20.3 Å². The van der Waals surface area contributed by atoms with E-state index in [4.69, 9.17) is 21.1 Å². The predicted octanol–water partition coefficient (Wildman–Crippen LogP) is 3.09. The van der Waals surface area contributed by atoms with Crippen molar-refractivity contribution in [3.8, 4) is 17.0 Å². The highest BCUT2D eigenvalue weighted by Gasteiger charge is 2.21. The number of halogens is 1. The summed E-state index contributed by atoms with van der Waals surface area (Å²) < 4.78 is 12.9. The second-order valence-corrected chi connectivity index (χ2v) is 6.37. The molecule has 0 amide bonds. The Balaban J connectivity index is 1.65. The van der Waals surface area contributed by atoms with Crippen LogP contribution < -0.4 is 4.74 Å². The maximum absolute atomic E-state index is 6.31. The van der Waals surface area contributed by atoms with Crippen molar-refractivity contribution in [1.82, 2.24) is 24.8 Å². The van der Waals surface area contributed by atoms with Crippen LogP contribution in [0.3, 0.4) is 0 Å². The predicted molar refractivity (Wildman–Crippen MR) is 92.9 cm³/mol. The van der Waals surface area contributed by atoms with E-state index in [0.717, 1.165) is 28.5 Å². The SMILES string of the molecule is Clc1cn2ncc(-c3cccc4[nH]ncc34)c2nc1OC1CCOC1. The maximum atomic E-state index is 6.31. The summed E-state index contributed by atoms with van der Waals surface area (Å²) in [5, 5.41) is 12.9. The zero-order valence-electron chi connectivity index (χ0n) is 13.1. The third-order valence-corrected chi connectivity index (χ3v) is 4.62. The van der Waals surface area contributed by atoms with Crippen LogP contribution in [0.1, 0.15) is 6.42 Å². The molecule has 126 valence electrons. The molecular weight excluding hydrogens is 342 g/mol. The van der Waals surface area contributed by atoms with Crippen molar-refractivity contribution < 1.29 is 9.47 Å². The summed E-state index contributed by atoms with van der Waals surface area (Å²) in [4.78, 5) is 4.63. The first-order valence-corrected chi connectivity index (χ1v) is 8.38. The van der Waals surface area contributed by atoms with Gasteiger partial charge in [-0.1, -0.05) is 23.7 Å². The van der Waals surface area contributed by atoms with Crippen LogP contribution in [-0.2, 0) is 4.74 Å². The third kappa shape index (κ3) is 2.43. The fourth-order valence-electron chi connectivity index (χ4n) is 3.11. The van der Waals surface area contributed by atoms with Crippen LogP contribution in [0.4, 0.5) is 0 Å². The summed E-state index contributed by atoms with van der Waals surface area (Å²) in [6.07, 6.45) is 6.12. The molecule has 1 fully saturated rings. The van der Waals surface area contributed by atoms with E-state index >= 15 is 0 Å². The lowest BCUT2D eigenvalue weighted by atomic mass is 10.1. The molecular formula is C17H14ClN5O2. The third-order valence-electron chi connectivity index (χ3n) is 4.36. The smallest absolute Gasteiger partial charge is 0.236 e. The number of hydrogen-bond donors (Lipinski definition) is 1. The lowest BCUT2D eigenvalue weighted by molar-refractivity contribution is 0.138. The van der Waals surface area contributed by atoms with Gasteiger partial charge < -0.3 is 9.47 Å². The number of aromatic amines is 1. The van der Waals surface area contributed by atoms with Crippen molar-refractivity contribution >= 4 is 28.2 Å². The number of hydrogen-bond acceptors (Lipinski definition) is 5. The molecule has 0 bridgehead atoms. The van der Waals surface area contributed by atoms with Gasteiger partial charge in [0.2, 0.25) is 5.88 Å². The van der Waals surface area contributed by atoms with Gasteiger partial charge in [0.05, 0.1) is 37.3 Å². The molecule has 1 atom stereocenters. The highest BCUT2D eigenvalue weighted by atomic mass is 35.5. The summed E-state index contributed by atoms with van der Waals surface area (Å²) in [6, 6.07) is 5.98. The standard InChI is InChI=1S/C17H14ClN5O2/c18-14-8-23-16(21-17(14)25-10-4-5-24-9-10)13(7-20-23)11-2-1-3-15-12(11)6-19-22-15/h1-3,6-8,10H,4-5,9H2,(H,19,22). The lowest BCUT2D eigenvalue weighted by Gasteiger charge is -2.12. The average molecular weight is 356 g/mol. The van der Waals surface area contributed by atoms with Crippen molar-refractivity contribution in [3.05, 3.63) is 41.8 Å². The Morgan fingerprint density at radius 3 is 3.12 bits per heavy atom. The Morgan fingerprint density at radius 1 is 1.28 bits per heavy atom. The fourth-order valence-corrected chi connectivity index (χ4v) is 3.29. The summed E-state index contributed by atoms with van der Waals surface area (Å²) in [7, 11) is 0. The number of fused-ring (bicyclic) bond motifs is 2. The van der Waals surface area contributed by atoms with E-state index in [1.165, 1.54) is 0 Å². The minimum absolute atomic E-state index is 0.0175. The van der Waals surface area contributed by atoms with Crippen molar-refractivity contribution in [2.75, 3.05) is 13.2 Å². The van der Waals surface area contributed by atoms with Gasteiger partial charge in [-0.15, -0.1) is 0 Å². The first kappa shape index (κ1) is 14.7. The molecule has 8 heteroatoms. The highest BCUT2D eigenvalue weighted by Crippen LogP contribution is 2.32. The van der Waals surface area contributed by atoms with Crippen LogP contribution >= 0.6 is 11.6 Å². The molecule has 1 unspecified atom stereocenters. The summed E-state index contributed by atoms with van der Waals surface area (Å²) in [5.74, 6) is 0.408. The van der Waals surface area contributed by atoms with E-state index in [9.17, 15) is 0 Å². The minimum atomic E-state index is -0.0175. The number of ether oxygens (including phenoxy) is 2. The molecule has 4 aromatic rings. The average Bonchev–Trinajstić information content (AvgIpc) is 3.35. The second kappa shape index (κ2) is 5.72. The second-order valence-electron chi connectivity index (χ2n) is 5.96. The lowest BCUT2D eigenvalue weighted by Crippen LogP contribution is -2.17. The summed E-state index contributed by atoms with van der Waals surface area (Å²) in [6.45, 7) is 1.26. The van der Waals surface area contributed by atoms with Crippen LogP contribution in [0, 0.1) is 0 Å². The van der Waals surface area contributed by atoms with E-state index in [1.807, 2.05) is 18.2 Å². The molecule has 0 spiro atoms. The minimum Gasteiger partial charge on any atom is -0.471 e. The number of H-pyrrole nitrogens is 1.